The average molecular weight is 373 g/mol. The first-order chi connectivity index (χ1) is 11.5. The first-order valence-corrected chi connectivity index (χ1v) is 8.40. The minimum atomic E-state index is -4.69. The number of rotatable bonds is 4. The van der Waals surface area contributed by atoms with Gasteiger partial charge in [-0.15, -0.1) is 0 Å². The number of para-hydroxylation sites is 2. The van der Waals surface area contributed by atoms with Crippen LogP contribution in [0.2, 0.25) is 0 Å². The highest BCUT2D eigenvalue weighted by atomic mass is 32.2. The van der Waals surface area contributed by atoms with Gasteiger partial charge in [0.05, 0.1) is 11.3 Å². The molecular formula is C16H14F3NO4S. The molecule has 0 atom stereocenters. The lowest BCUT2D eigenvalue weighted by molar-refractivity contribution is -0.138. The number of halogens is 3. The number of anilines is 1. The molecule has 0 fully saturated rings. The highest BCUT2D eigenvalue weighted by molar-refractivity contribution is 7.87. The zero-order valence-corrected chi connectivity index (χ0v) is 14.0. The van der Waals surface area contributed by atoms with Crippen LogP contribution in [0.5, 0.6) is 5.75 Å². The van der Waals surface area contributed by atoms with Crippen molar-refractivity contribution in [3.8, 4) is 5.75 Å². The number of alkyl halides is 3. The van der Waals surface area contributed by atoms with Gasteiger partial charge in [-0.05, 0) is 36.8 Å². The largest absolute Gasteiger partial charge is 0.416 e. The van der Waals surface area contributed by atoms with Crippen molar-refractivity contribution in [3.05, 3.63) is 53.6 Å². The van der Waals surface area contributed by atoms with E-state index in [4.69, 9.17) is 4.18 Å². The molecule has 0 saturated carbocycles. The van der Waals surface area contributed by atoms with Crippen LogP contribution in [0.4, 0.5) is 18.9 Å². The molecular weight excluding hydrogens is 359 g/mol. The minimum Gasteiger partial charge on any atom is -0.377 e. The SMILES string of the molecule is CC(=O)Nc1ccccc1OS(=O)(=O)c1ccc(C)c(C(F)(F)F)c1. The molecule has 0 aliphatic heterocycles. The molecule has 5 nitrogen and oxygen atoms in total. The van der Waals surface area contributed by atoms with Gasteiger partial charge in [-0.1, -0.05) is 18.2 Å². The highest BCUT2D eigenvalue weighted by Gasteiger charge is 2.34. The molecule has 0 aliphatic rings. The maximum atomic E-state index is 13.0. The Bertz CT molecular complexity index is 908. The highest BCUT2D eigenvalue weighted by Crippen LogP contribution is 2.34. The molecule has 1 amide bonds. The van der Waals surface area contributed by atoms with E-state index in [-0.39, 0.29) is 17.0 Å². The number of nitrogens with one attached hydrogen (secondary N) is 1. The predicted octanol–water partition coefficient (Wildman–Crippen LogP) is 3.74. The van der Waals surface area contributed by atoms with E-state index < -0.39 is 32.7 Å². The van der Waals surface area contributed by atoms with Gasteiger partial charge in [0.25, 0.3) is 0 Å². The smallest absolute Gasteiger partial charge is 0.377 e. The predicted molar refractivity (Wildman–Crippen MR) is 84.7 cm³/mol. The minimum absolute atomic E-state index is 0.0849. The molecule has 0 bridgehead atoms. The summed E-state index contributed by atoms with van der Waals surface area (Å²) in [6, 6.07) is 8.29. The first-order valence-electron chi connectivity index (χ1n) is 6.99. The monoisotopic (exact) mass is 373 g/mol. The van der Waals surface area contributed by atoms with Crippen LogP contribution in [0.25, 0.3) is 0 Å². The van der Waals surface area contributed by atoms with Gasteiger partial charge in [-0.3, -0.25) is 4.79 Å². The summed E-state index contributed by atoms with van der Waals surface area (Å²) in [6.45, 7) is 2.45. The summed E-state index contributed by atoms with van der Waals surface area (Å²) in [5.74, 6) is -0.657. The number of aryl methyl sites for hydroxylation is 1. The zero-order valence-electron chi connectivity index (χ0n) is 13.2. The van der Waals surface area contributed by atoms with Gasteiger partial charge in [0.15, 0.2) is 5.75 Å². The summed E-state index contributed by atoms with van der Waals surface area (Å²) in [5.41, 5.74) is -1.08. The maximum absolute atomic E-state index is 13.0. The van der Waals surface area contributed by atoms with Crippen molar-refractivity contribution in [3.63, 3.8) is 0 Å². The Morgan fingerprint density at radius 3 is 2.36 bits per heavy atom. The lowest BCUT2D eigenvalue weighted by atomic mass is 10.1. The second-order valence-corrected chi connectivity index (χ2v) is 6.74. The fraction of sp³-hybridized carbons (Fsp3) is 0.188. The summed E-state index contributed by atoms with van der Waals surface area (Å²) in [5, 5.41) is 2.38. The molecule has 0 radical (unpaired) electrons. The van der Waals surface area contributed by atoms with E-state index in [1.165, 1.54) is 32.0 Å². The number of carbonyl (C=O) groups is 1. The van der Waals surface area contributed by atoms with Crippen molar-refractivity contribution in [2.45, 2.75) is 24.9 Å². The lowest BCUT2D eigenvalue weighted by Gasteiger charge is -2.14. The van der Waals surface area contributed by atoms with Gasteiger partial charge >= 0.3 is 16.3 Å². The van der Waals surface area contributed by atoms with Crippen LogP contribution in [-0.4, -0.2) is 14.3 Å². The van der Waals surface area contributed by atoms with Crippen LogP contribution in [-0.2, 0) is 21.1 Å². The van der Waals surface area contributed by atoms with E-state index in [2.05, 4.69) is 5.32 Å². The van der Waals surface area contributed by atoms with Crippen molar-refractivity contribution in [1.82, 2.24) is 0 Å². The van der Waals surface area contributed by atoms with Crippen LogP contribution in [0.3, 0.4) is 0 Å². The van der Waals surface area contributed by atoms with Gasteiger partial charge in [0.2, 0.25) is 5.91 Å². The average Bonchev–Trinajstić information content (AvgIpc) is 2.47. The lowest BCUT2D eigenvalue weighted by Crippen LogP contribution is -2.15. The van der Waals surface area contributed by atoms with Crippen molar-refractivity contribution < 1.29 is 30.6 Å². The summed E-state index contributed by atoms with van der Waals surface area (Å²) in [7, 11) is -4.52. The number of hydrogen-bond donors (Lipinski definition) is 1. The van der Waals surface area contributed by atoms with E-state index in [9.17, 15) is 26.4 Å². The Hall–Kier alpha value is -2.55. The molecule has 2 aromatic rings. The summed E-state index contributed by atoms with van der Waals surface area (Å²) in [4.78, 5) is 10.5. The Balaban J connectivity index is 2.43. The van der Waals surface area contributed by atoms with Gasteiger partial charge in [0, 0.05) is 6.92 Å². The van der Waals surface area contributed by atoms with Crippen molar-refractivity contribution in [2.24, 2.45) is 0 Å². The first kappa shape index (κ1) is 18.8. The molecule has 0 aromatic heterocycles. The molecule has 2 rings (SSSR count). The fourth-order valence-electron chi connectivity index (χ4n) is 2.06. The molecule has 0 aliphatic carbocycles. The second-order valence-electron chi connectivity index (χ2n) is 5.19. The molecule has 1 N–H and O–H groups in total. The van der Waals surface area contributed by atoms with E-state index in [0.29, 0.717) is 6.07 Å². The van der Waals surface area contributed by atoms with Gasteiger partial charge < -0.3 is 9.50 Å². The maximum Gasteiger partial charge on any atom is 0.416 e. The van der Waals surface area contributed by atoms with Crippen LogP contribution in [0.1, 0.15) is 18.1 Å². The van der Waals surface area contributed by atoms with E-state index in [0.717, 1.165) is 12.1 Å². The molecule has 25 heavy (non-hydrogen) atoms. The third kappa shape index (κ3) is 4.50. The Morgan fingerprint density at radius 1 is 1.12 bits per heavy atom. The molecule has 134 valence electrons. The number of hydrogen-bond acceptors (Lipinski definition) is 4. The third-order valence-corrected chi connectivity index (χ3v) is 4.43. The van der Waals surface area contributed by atoms with Crippen LogP contribution in [0.15, 0.2) is 47.4 Å². The van der Waals surface area contributed by atoms with Gasteiger partial charge in [0.1, 0.15) is 4.90 Å². The quantitative estimate of drug-likeness (QED) is 0.829. The molecule has 0 saturated heterocycles. The molecule has 0 unspecified atom stereocenters. The van der Waals surface area contributed by atoms with Gasteiger partial charge in [-0.25, -0.2) is 0 Å². The van der Waals surface area contributed by atoms with Gasteiger partial charge in [-0.2, -0.15) is 21.6 Å². The van der Waals surface area contributed by atoms with Crippen molar-refractivity contribution in [2.75, 3.05) is 5.32 Å². The normalized spacial score (nSPS) is 11.9. The zero-order chi connectivity index (χ0) is 18.8. The molecule has 0 heterocycles. The summed E-state index contributed by atoms with van der Waals surface area (Å²) in [6.07, 6.45) is -4.69. The van der Waals surface area contributed by atoms with Crippen LogP contribution < -0.4 is 9.50 Å². The number of amides is 1. The molecule has 9 heteroatoms. The third-order valence-electron chi connectivity index (χ3n) is 3.20. The summed E-state index contributed by atoms with van der Waals surface area (Å²) < 4.78 is 68.5. The summed E-state index contributed by atoms with van der Waals surface area (Å²) >= 11 is 0. The topological polar surface area (TPSA) is 72.5 Å². The molecule has 2 aromatic carbocycles. The van der Waals surface area contributed by atoms with Crippen molar-refractivity contribution in [1.29, 1.82) is 0 Å². The fourth-order valence-corrected chi connectivity index (χ4v) is 3.04. The Labute approximate surface area is 142 Å². The van der Waals surface area contributed by atoms with Crippen LogP contribution in [0, 0.1) is 6.92 Å². The number of carbonyl (C=O) groups excluding carboxylic acids is 1. The van der Waals surface area contributed by atoms with E-state index in [1.54, 1.807) is 6.07 Å². The van der Waals surface area contributed by atoms with Crippen molar-refractivity contribution >= 4 is 21.7 Å². The van der Waals surface area contributed by atoms with Crippen LogP contribution >= 0.6 is 0 Å². The second kappa shape index (κ2) is 6.75. The Kier molecular flexibility index (Phi) is 5.07. The van der Waals surface area contributed by atoms with E-state index in [1.807, 2.05) is 0 Å². The Morgan fingerprint density at radius 2 is 1.76 bits per heavy atom. The molecule has 0 spiro atoms. The number of benzene rings is 2. The van der Waals surface area contributed by atoms with E-state index >= 15 is 0 Å². The standard InChI is InChI=1S/C16H14F3NO4S/c1-10-7-8-12(9-13(10)16(17,18)19)25(22,23)24-15-6-4-3-5-14(15)20-11(2)21/h3-9H,1-2H3,(H,20,21).